The summed E-state index contributed by atoms with van der Waals surface area (Å²) in [6, 6.07) is 12.0. The molecule has 0 amide bonds. The van der Waals surface area contributed by atoms with Crippen molar-refractivity contribution >= 4 is 16.6 Å². The third-order valence-electron chi connectivity index (χ3n) is 3.19. The Morgan fingerprint density at radius 1 is 1.18 bits per heavy atom. The van der Waals surface area contributed by atoms with Crippen molar-refractivity contribution in [3.8, 4) is 5.75 Å². The van der Waals surface area contributed by atoms with Crippen LogP contribution in [0.25, 0.3) is 10.9 Å². The van der Waals surface area contributed by atoms with Crippen molar-refractivity contribution in [2.45, 2.75) is 6.61 Å². The van der Waals surface area contributed by atoms with Crippen LogP contribution in [-0.4, -0.2) is 9.91 Å². The average molecular weight is 298 g/mol. The maximum Gasteiger partial charge on any atom is 0.269 e. The highest BCUT2D eigenvalue weighted by atomic mass is 19.1. The summed E-state index contributed by atoms with van der Waals surface area (Å²) < 4.78 is 19.2. The van der Waals surface area contributed by atoms with Crippen LogP contribution in [0.5, 0.6) is 5.75 Å². The summed E-state index contributed by atoms with van der Waals surface area (Å²) in [5.41, 5.74) is 1.28. The Bertz CT molecular complexity index is 834. The van der Waals surface area contributed by atoms with Gasteiger partial charge in [0, 0.05) is 29.3 Å². The van der Waals surface area contributed by atoms with Gasteiger partial charge in [-0.25, -0.2) is 4.39 Å². The van der Waals surface area contributed by atoms with Crippen LogP contribution in [0.1, 0.15) is 5.56 Å². The lowest BCUT2D eigenvalue weighted by molar-refractivity contribution is -0.384. The average Bonchev–Trinajstić information content (AvgIpc) is 2.52. The number of fused-ring (bicyclic) bond motifs is 1. The minimum atomic E-state index is -0.478. The molecule has 6 heteroatoms. The summed E-state index contributed by atoms with van der Waals surface area (Å²) in [6.07, 6.45) is 1.63. The second kappa shape index (κ2) is 5.77. The lowest BCUT2D eigenvalue weighted by Crippen LogP contribution is -1.99. The number of nitro groups is 1. The van der Waals surface area contributed by atoms with Crippen LogP contribution >= 0.6 is 0 Å². The molecule has 3 aromatic rings. The van der Waals surface area contributed by atoms with Gasteiger partial charge in [-0.15, -0.1) is 0 Å². The van der Waals surface area contributed by atoms with E-state index in [-0.39, 0.29) is 18.1 Å². The minimum Gasteiger partial charge on any atom is -0.489 e. The third kappa shape index (κ3) is 2.85. The number of nitro benzene ring substituents is 1. The van der Waals surface area contributed by atoms with Gasteiger partial charge in [-0.05, 0) is 30.3 Å². The van der Waals surface area contributed by atoms with Gasteiger partial charge in [-0.2, -0.15) is 0 Å². The van der Waals surface area contributed by atoms with Crippen LogP contribution in [-0.2, 0) is 6.61 Å². The number of benzene rings is 2. The molecule has 0 N–H and O–H groups in total. The number of rotatable bonds is 4. The smallest absolute Gasteiger partial charge is 0.269 e. The van der Waals surface area contributed by atoms with Crippen molar-refractivity contribution in [2.75, 3.05) is 0 Å². The van der Waals surface area contributed by atoms with E-state index in [1.54, 1.807) is 18.3 Å². The molecular formula is C16H11FN2O3. The van der Waals surface area contributed by atoms with E-state index >= 15 is 0 Å². The first kappa shape index (κ1) is 13.9. The number of hydrogen-bond donors (Lipinski definition) is 0. The summed E-state index contributed by atoms with van der Waals surface area (Å²) in [7, 11) is 0. The second-order valence-corrected chi connectivity index (χ2v) is 4.68. The van der Waals surface area contributed by atoms with Gasteiger partial charge in [0.15, 0.2) is 0 Å². The van der Waals surface area contributed by atoms with Crippen LogP contribution in [0.15, 0.2) is 54.7 Å². The standard InChI is InChI=1S/C16H11FN2O3/c17-13-8-11-2-1-7-18-16(11)12(9-13)10-22-15-5-3-14(4-6-15)19(20)21/h1-9H,10H2. The number of hydrogen-bond acceptors (Lipinski definition) is 4. The molecule has 0 bridgehead atoms. The molecule has 2 aromatic carbocycles. The number of pyridine rings is 1. The SMILES string of the molecule is O=[N+]([O-])c1ccc(OCc2cc(F)cc3cccnc23)cc1. The lowest BCUT2D eigenvalue weighted by Gasteiger charge is -2.08. The Morgan fingerprint density at radius 2 is 1.95 bits per heavy atom. The molecule has 110 valence electrons. The Balaban J connectivity index is 1.83. The summed E-state index contributed by atoms with van der Waals surface area (Å²) in [5.74, 6) is 0.113. The highest BCUT2D eigenvalue weighted by Crippen LogP contribution is 2.22. The first-order valence-electron chi connectivity index (χ1n) is 6.54. The van der Waals surface area contributed by atoms with Crippen molar-refractivity contribution in [1.82, 2.24) is 4.98 Å². The van der Waals surface area contributed by atoms with E-state index in [1.165, 1.54) is 36.4 Å². The lowest BCUT2D eigenvalue weighted by atomic mass is 10.1. The first-order chi connectivity index (χ1) is 10.6. The maximum atomic E-state index is 13.6. The Kier molecular flexibility index (Phi) is 3.65. The number of non-ortho nitro benzene ring substituents is 1. The predicted molar refractivity (Wildman–Crippen MR) is 79.1 cm³/mol. The molecule has 0 radical (unpaired) electrons. The van der Waals surface area contributed by atoms with Crippen LogP contribution in [0.3, 0.4) is 0 Å². The number of aromatic nitrogens is 1. The molecule has 0 saturated carbocycles. The van der Waals surface area contributed by atoms with Gasteiger partial charge in [0.2, 0.25) is 0 Å². The molecular weight excluding hydrogens is 287 g/mol. The fourth-order valence-electron chi connectivity index (χ4n) is 2.16. The van der Waals surface area contributed by atoms with Crippen LogP contribution in [0.4, 0.5) is 10.1 Å². The fourth-order valence-corrected chi connectivity index (χ4v) is 2.16. The van der Waals surface area contributed by atoms with Gasteiger partial charge < -0.3 is 4.74 Å². The van der Waals surface area contributed by atoms with E-state index in [0.717, 1.165) is 0 Å². The molecule has 0 unspecified atom stereocenters. The second-order valence-electron chi connectivity index (χ2n) is 4.68. The number of nitrogens with zero attached hydrogens (tertiary/aromatic N) is 2. The topological polar surface area (TPSA) is 65.3 Å². The molecule has 3 rings (SSSR count). The van der Waals surface area contributed by atoms with Crippen molar-refractivity contribution in [3.05, 3.63) is 76.2 Å². The van der Waals surface area contributed by atoms with E-state index in [9.17, 15) is 14.5 Å². The Labute approximate surface area is 125 Å². The molecule has 0 aliphatic carbocycles. The van der Waals surface area contributed by atoms with Gasteiger partial charge in [0.1, 0.15) is 18.2 Å². The minimum absolute atomic E-state index is 0.00905. The molecule has 1 aromatic heterocycles. The zero-order chi connectivity index (χ0) is 15.5. The Morgan fingerprint density at radius 3 is 2.68 bits per heavy atom. The fraction of sp³-hybridized carbons (Fsp3) is 0.0625. The number of ether oxygens (including phenoxy) is 1. The van der Waals surface area contributed by atoms with E-state index < -0.39 is 4.92 Å². The molecule has 0 saturated heterocycles. The molecule has 0 aliphatic rings. The molecule has 0 fully saturated rings. The maximum absolute atomic E-state index is 13.6. The molecule has 0 spiro atoms. The summed E-state index contributed by atoms with van der Waals surface area (Å²) in [6.45, 7) is 0.128. The third-order valence-corrected chi connectivity index (χ3v) is 3.19. The van der Waals surface area contributed by atoms with Crippen molar-refractivity contribution < 1.29 is 14.1 Å². The van der Waals surface area contributed by atoms with Crippen LogP contribution in [0.2, 0.25) is 0 Å². The molecule has 0 aliphatic heterocycles. The van der Waals surface area contributed by atoms with Gasteiger partial charge in [0.25, 0.3) is 5.69 Å². The summed E-state index contributed by atoms with van der Waals surface area (Å²) >= 11 is 0. The molecule has 22 heavy (non-hydrogen) atoms. The predicted octanol–water partition coefficient (Wildman–Crippen LogP) is 3.86. The first-order valence-corrected chi connectivity index (χ1v) is 6.54. The Hall–Kier alpha value is -3.02. The van der Waals surface area contributed by atoms with Crippen molar-refractivity contribution in [1.29, 1.82) is 0 Å². The number of halogens is 1. The van der Waals surface area contributed by atoms with E-state index in [1.807, 2.05) is 0 Å². The van der Waals surface area contributed by atoms with Gasteiger partial charge >= 0.3 is 0 Å². The normalized spacial score (nSPS) is 10.6. The van der Waals surface area contributed by atoms with Gasteiger partial charge in [-0.3, -0.25) is 15.1 Å². The van der Waals surface area contributed by atoms with Crippen LogP contribution < -0.4 is 4.74 Å². The largest absolute Gasteiger partial charge is 0.489 e. The van der Waals surface area contributed by atoms with E-state index in [4.69, 9.17) is 4.74 Å². The van der Waals surface area contributed by atoms with E-state index in [0.29, 0.717) is 22.2 Å². The summed E-state index contributed by atoms with van der Waals surface area (Å²) in [4.78, 5) is 14.3. The van der Waals surface area contributed by atoms with E-state index in [2.05, 4.69) is 4.98 Å². The quantitative estimate of drug-likeness (QED) is 0.542. The highest BCUT2D eigenvalue weighted by Gasteiger charge is 2.08. The van der Waals surface area contributed by atoms with Crippen LogP contribution in [0, 0.1) is 15.9 Å². The van der Waals surface area contributed by atoms with Crippen molar-refractivity contribution in [3.63, 3.8) is 0 Å². The van der Waals surface area contributed by atoms with Crippen molar-refractivity contribution in [2.24, 2.45) is 0 Å². The summed E-state index contributed by atoms with van der Waals surface area (Å²) in [5, 5.41) is 11.3. The monoisotopic (exact) mass is 298 g/mol. The zero-order valence-corrected chi connectivity index (χ0v) is 11.4. The van der Waals surface area contributed by atoms with Gasteiger partial charge in [0.05, 0.1) is 10.4 Å². The molecule has 0 atom stereocenters. The van der Waals surface area contributed by atoms with Gasteiger partial charge in [-0.1, -0.05) is 6.07 Å². The molecule has 1 heterocycles. The zero-order valence-electron chi connectivity index (χ0n) is 11.4. The highest BCUT2D eigenvalue weighted by molar-refractivity contribution is 5.81. The molecule has 5 nitrogen and oxygen atoms in total.